The smallest absolute Gasteiger partial charge is 0.373 e. The molecule has 1 aromatic heterocycles. The minimum absolute atomic E-state index is 0.0487. The quantitative estimate of drug-likeness (QED) is 0.881. The van der Waals surface area contributed by atoms with Crippen molar-refractivity contribution in [1.29, 1.82) is 0 Å². The average molecular weight is 300 g/mol. The van der Waals surface area contributed by atoms with Gasteiger partial charge < -0.3 is 19.4 Å². The minimum atomic E-state index is -0.533. The normalized spacial score (nSPS) is 13.5. The van der Waals surface area contributed by atoms with Gasteiger partial charge in [0, 0.05) is 0 Å². The molecule has 0 fully saturated rings. The number of amides is 1. The van der Waals surface area contributed by atoms with Crippen LogP contribution in [0.1, 0.15) is 21.9 Å². The number of aryl methyl sites for hydroxylation is 1. The molecule has 6 nitrogen and oxygen atoms in total. The SMILES string of the molecule is COC(=O)c1ccc(CN2C(=O)CNc3cc(C)ccc32)o1. The zero-order valence-corrected chi connectivity index (χ0v) is 12.4. The molecular weight excluding hydrogens is 284 g/mol. The van der Waals surface area contributed by atoms with Gasteiger partial charge in [0.05, 0.1) is 31.6 Å². The molecule has 114 valence electrons. The zero-order chi connectivity index (χ0) is 15.7. The number of esters is 1. The van der Waals surface area contributed by atoms with Gasteiger partial charge in [0.25, 0.3) is 0 Å². The van der Waals surface area contributed by atoms with E-state index in [1.165, 1.54) is 7.11 Å². The predicted molar refractivity (Wildman–Crippen MR) is 80.9 cm³/mol. The van der Waals surface area contributed by atoms with Crippen molar-refractivity contribution in [3.05, 3.63) is 47.4 Å². The van der Waals surface area contributed by atoms with Crippen molar-refractivity contribution in [3.63, 3.8) is 0 Å². The Morgan fingerprint density at radius 3 is 2.95 bits per heavy atom. The molecule has 0 radical (unpaired) electrons. The lowest BCUT2D eigenvalue weighted by atomic mass is 10.1. The van der Waals surface area contributed by atoms with E-state index in [4.69, 9.17) is 4.42 Å². The number of ether oxygens (including phenoxy) is 1. The summed E-state index contributed by atoms with van der Waals surface area (Å²) < 4.78 is 10.0. The summed E-state index contributed by atoms with van der Waals surface area (Å²) in [7, 11) is 1.29. The van der Waals surface area contributed by atoms with Crippen LogP contribution >= 0.6 is 0 Å². The number of nitrogens with one attached hydrogen (secondary N) is 1. The number of nitrogens with zero attached hydrogens (tertiary/aromatic N) is 1. The summed E-state index contributed by atoms with van der Waals surface area (Å²) in [6.07, 6.45) is 0. The largest absolute Gasteiger partial charge is 0.463 e. The lowest BCUT2D eigenvalue weighted by Gasteiger charge is -2.29. The van der Waals surface area contributed by atoms with Gasteiger partial charge in [-0.3, -0.25) is 4.79 Å². The summed E-state index contributed by atoms with van der Waals surface area (Å²) in [6.45, 7) is 2.51. The van der Waals surface area contributed by atoms with Crippen LogP contribution in [0, 0.1) is 6.92 Å². The second kappa shape index (κ2) is 5.55. The van der Waals surface area contributed by atoms with E-state index in [1.54, 1.807) is 17.0 Å². The number of rotatable bonds is 3. The highest BCUT2D eigenvalue weighted by Crippen LogP contribution is 2.31. The highest BCUT2D eigenvalue weighted by Gasteiger charge is 2.25. The molecule has 1 N–H and O–H groups in total. The maximum absolute atomic E-state index is 12.2. The van der Waals surface area contributed by atoms with E-state index < -0.39 is 5.97 Å². The Balaban J connectivity index is 1.87. The lowest BCUT2D eigenvalue weighted by molar-refractivity contribution is -0.117. The molecule has 3 rings (SSSR count). The van der Waals surface area contributed by atoms with Crippen LogP contribution < -0.4 is 10.2 Å². The monoisotopic (exact) mass is 300 g/mol. The maximum atomic E-state index is 12.2. The van der Waals surface area contributed by atoms with Crippen molar-refractivity contribution >= 4 is 23.3 Å². The Labute approximate surface area is 127 Å². The maximum Gasteiger partial charge on any atom is 0.373 e. The van der Waals surface area contributed by atoms with Crippen LogP contribution in [-0.2, 0) is 16.1 Å². The summed E-state index contributed by atoms with van der Waals surface area (Å²) in [4.78, 5) is 25.2. The number of hydrogen-bond donors (Lipinski definition) is 1. The van der Waals surface area contributed by atoms with Crippen molar-refractivity contribution < 1.29 is 18.7 Å². The van der Waals surface area contributed by atoms with E-state index in [-0.39, 0.29) is 24.8 Å². The molecule has 2 aromatic rings. The fraction of sp³-hybridized carbons (Fsp3) is 0.250. The van der Waals surface area contributed by atoms with Crippen LogP contribution in [-0.4, -0.2) is 25.5 Å². The van der Waals surface area contributed by atoms with Crippen molar-refractivity contribution in [2.24, 2.45) is 0 Å². The van der Waals surface area contributed by atoms with Crippen molar-refractivity contribution in [2.75, 3.05) is 23.9 Å². The Hall–Kier alpha value is -2.76. The summed E-state index contributed by atoms with van der Waals surface area (Å²) in [5.41, 5.74) is 2.84. The van der Waals surface area contributed by atoms with Gasteiger partial charge in [-0.25, -0.2) is 4.79 Å². The minimum Gasteiger partial charge on any atom is -0.463 e. The third-order valence-corrected chi connectivity index (χ3v) is 3.54. The van der Waals surface area contributed by atoms with Crippen LogP contribution in [0.5, 0.6) is 0 Å². The molecule has 0 saturated carbocycles. The fourth-order valence-corrected chi connectivity index (χ4v) is 2.43. The van der Waals surface area contributed by atoms with Gasteiger partial charge in [0.1, 0.15) is 5.76 Å². The molecule has 0 unspecified atom stereocenters. The third-order valence-electron chi connectivity index (χ3n) is 3.54. The topological polar surface area (TPSA) is 71.8 Å². The van der Waals surface area contributed by atoms with Gasteiger partial charge in [-0.15, -0.1) is 0 Å². The molecule has 0 saturated heterocycles. The average Bonchev–Trinajstić information content (AvgIpc) is 2.98. The van der Waals surface area contributed by atoms with E-state index >= 15 is 0 Å². The number of benzene rings is 1. The van der Waals surface area contributed by atoms with E-state index in [1.807, 2.05) is 25.1 Å². The van der Waals surface area contributed by atoms with E-state index in [0.29, 0.717) is 5.76 Å². The molecule has 0 spiro atoms. The summed E-state index contributed by atoms with van der Waals surface area (Å²) in [5.74, 6) is 0.0765. The molecule has 2 heterocycles. The standard InChI is InChI=1S/C16H16N2O4/c1-10-3-5-13-12(7-10)17-8-15(19)18(13)9-11-4-6-14(22-11)16(20)21-2/h3-7,17H,8-9H2,1-2H3. The fourth-order valence-electron chi connectivity index (χ4n) is 2.43. The summed E-state index contributed by atoms with van der Waals surface area (Å²) in [6, 6.07) is 9.07. The van der Waals surface area contributed by atoms with Crippen LogP contribution in [0.3, 0.4) is 0 Å². The first-order valence-electron chi connectivity index (χ1n) is 6.90. The second-order valence-electron chi connectivity index (χ2n) is 5.11. The van der Waals surface area contributed by atoms with E-state index in [9.17, 15) is 9.59 Å². The number of methoxy groups -OCH3 is 1. The molecule has 0 bridgehead atoms. The van der Waals surface area contributed by atoms with Crippen molar-refractivity contribution in [3.8, 4) is 0 Å². The highest BCUT2D eigenvalue weighted by molar-refractivity contribution is 6.02. The molecule has 1 aliphatic rings. The van der Waals surface area contributed by atoms with Gasteiger partial charge in [0.2, 0.25) is 11.7 Å². The van der Waals surface area contributed by atoms with Crippen LogP contribution in [0.15, 0.2) is 34.7 Å². The molecule has 1 aromatic carbocycles. The summed E-state index contributed by atoms with van der Waals surface area (Å²) >= 11 is 0. The number of hydrogen-bond acceptors (Lipinski definition) is 5. The highest BCUT2D eigenvalue weighted by atomic mass is 16.5. The first-order chi connectivity index (χ1) is 10.6. The molecule has 22 heavy (non-hydrogen) atoms. The molecule has 1 aliphatic heterocycles. The van der Waals surface area contributed by atoms with Gasteiger partial charge in [-0.2, -0.15) is 0 Å². The molecular formula is C16H16N2O4. The molecule has 0 aliphatic carbocycles. The van der Waals surface area contributed by atoms with Crippen LogP contribution in [0.2, 0.25) is 0 Å². The van der Waals surface area contributed by atoms with Crippen LogP contribution in [0.4, 0.5) is 11.4 Å². The first kappa shape index (κ1) is 14.2. The van der Waals surface area contributed by atoms with Gasteiger partial charge >= 0.3 is 5.97 Å². The van der Waals surface area contributed by atoms with Gasteiger partial charge in [0.15, 0.2) is 0 Å². The second-order valence-corrected chi connectivity index (χ2v) is 5.11. The molecule has 6 heteroatoms. The molecule has 1 amide bonds. The number of furan rings is 1. The third kappa shape index (κ3) is 2.55. The van der Waals surface area contributed by atoms with E-state index in [2.05, 4.69) is 10.1 Å². The number of anilines is 2. The Morgan fingerprint density at radius 2 is 2.18 bits per heavy atom. The lowest BCUT2D eigenvalue weighted by Crippen LogP contribution is -2.39. The van der Waals surface area contributed by atoms with E-state index in [0.717, 1.165) is 16.9 Å². The number of carbonyl (C=O) groups is 2. The van der Waals surface area contributed by atoms with Crippen molar-refractivity contribution in [1.82, 2.24) is 0 Å². The Kier molecular flexibility index (Phi) is 3.58. The predicted octanol–water partition coefficient (Wildman–Crippen LogP) is 2.33. The Bertz CT molecular complexity index is 735. The van der Waals surface area contributed by atoms with Gasteiger partial charge in [-0.1, -0.05) is 6.07 Å². The van der Waals surface area contributed by atoms with Gasteiger partial charge in [-0.05, 0) is 36.8 Å². The van der Waals surface area contributed by atoms with Crippen LogP contribution in [0.25, 0.3) is 0 Å². The number of carbonyl (C=O) groups excluding carboxylic acids is 2. The summed E-state index contributed by atoms with van der Waals surface area (Å²) in [5, 5.41) is 3.11. The first-order valence-corrected chi connectivity index (χ1v) is 6.90. The Morgan fingerprint density at radius 1 is 1.36 bits per heavy atom. The molecule has 0 atom stereocenters. The van der Waals surface area contributed by atoms with Crippen molar-refractivity contribution in [2.45, 2.75) is 13.5 Å². The zero-order valence-electron chi connectivity index (χ0n) is 12.4. The number of fused-ring (bicyclic) bond motifs is 1.